The maximum absolute atomic E-state index is 13.5. The summed E-state index contributed by atoms with van der Waals surface area (Å²) in [6.07, 6.45) is 0. The molecular weight excluding hydrogens is 191 g/mol. The highest BCUT2D eigenvalue weighted by Crippen LogP contribution is 2.24. The smallest absolute Gasteiger partial charge is 0.133 e. The van der Waals surface area contributed by atoms with E-state index in [0.717, 1.165) is 5.56 Å². The highest BCUT2D eigenvalue weighted by Gasteiger charge is 2.04. The van der Waals surface area contributed by atoms with Crippen LogP contribution in [0.4, 0.5) is 15.8 Å². The van der Waals surface area contributed by atoms with Crippen LogP contribution in [0.1, 0.15) is 0 Å². The highest BCUT2D eigenvalue weighted by molar-refractivity contribution is 5.67. The van der Waals surface area contributed by atoms with Crippen LogP contribution in [0.25, 0.3) is 11.1 Å². The molecule has 0 unspecified atom stereocenters. The van der Waals surface area contributed by atoms with Crippen molar-refractivity contribution < 1.29 is 4.39 Å². The summed E-state index contributed by atoms with van der Waals surface area (Å²) >= 11 is 0. The first kappa shape index (κ1) is 9.52. The topological polar surface area (TPSA) is 52.0 Å². The van der Waals surface area contributed by atoms with Crippen molar-refractivity contribution in [3.8, 4) is 11.1 Å². The predicted octanol–water partition coefficient (Wildman–Crippen LogP) is 2.66. The first-order valence-electron chi connectivity index (χ1n) is 4.58. The zero-order valence-electron chi connectivity index (χ0n) is 8.07. The molecule has 76 valence electrons. The van der Waals surface area contributed by atoms with Gasteiger partial charge in [0.15, 0.2) is 0 Å². The Morgan fingerprint density at radius 3 is 2.00 bits per heavy atom. The normalized spacial score (nSPS) is 10.2. The maximum atomic E-state index is 13.5. The summed E-state index contributed by atoms with van der Waals surface area (Å²) in [7, 11) is 0. The zero-order valence-corrected chi connectivity index (χ0v) is 8.07. The molecule has 0 saturated carbocycles. The van der Waals surface area contributed by atoms with Crippen molar-refractivity contribution in [3.63, 3.8) is 0 Å². The fourth-order valence-corrected chi connectivity index (χ4v) is 1.43. The fourth-order valence-electron chi connectivity index (χ4n) is 1.43. The van der Waals surface area contributed by atoms with Gasteiger partial charge in [0.2, 0.25) is 0 Å². The summed E-state index contributed by atoms with van der Waals surface area (Å²) in [5.74, 6) is -0.320. The Balaban J connectivity index is 2.49. The molecule has 0 fully saturated rings. The minimum absolute atomic E-state index is 0.320. The number of hydrogen-bond acceptors (Lipinski definition) is 2. The number of benzene rings is 2. The number of rotatable bonds is 1. The molecule has 2 aromatic rings. The van der Waals surface area contributed by atoms with E-state index in [1.54, 1.807) is 36.4 Å². The number of hydrogen-bond donors (Lipinski definition) is 2. The van der Waals surface area contributed by atoms with E-state index in [-0.39, 0.29) is 5.82 Å². The Labute approximate surface area is 87.3 Å². The molecule has 2 aromatic carbocycles. The van der Waals surface area contributed by atoms with E-state index in [1.165, 1.54) is 6.07 Å². The molecule has 2 rings (SSSR count). The summed E-state index contributed by atoms with van der Waals surface area (Å²) in [5, 5.41) is 0. The molecule has 0 aliphatic carbocycles. The van der Waals surface area contributed by atoms with Gasteiger partial charge in [-0.3, -0.25) is 0 Å². The van der Waals surface area contributed by atoms with Crippen LogP contribution in [-0.4, -0.2) is 0 Å². The Morgan fingerprint density at radius 1 is 0.800 bits per heavy atom. The van der Waals surface area contributed by atoms with Gasteiger partial charge in [0, 0.05) is 16.9 Å². The van der Waals surface area contributed by atoms with E-state index in [2.05, 4.69) is 0 Å². The number of anilines is 2. The first-order valence-corrected chi connectivity index (χ1v) is 4.58. The third-order valence-corrected chi connectivity index (χ3v) is 2.21. The Morgan fingerprint density at radius 2 is 1.40 bits per heavy atom. The van der Waals surface area contributed by atoms with Gasteiger partial charge >= 0.3 is 0 Å². The molecule has 0 aromatic heterocycles. The van der Waals surface area contributed by atoms with Gasteiger partial charge < -0.3 is 11.5 Å². The second-order valence-electron chi connectivity index (χ2n) is 3.36. The molecule has 0 amide bonds. The van der Waals surface area contributed by atoms with Crippen molar-refractivity contribution in [2.75, 3.05) is 11.5 Å². The van der Waals surface area contributed by atoms with E-state index in [9.17, 15) is 4.39 Å². The van der Waals surface area contributed by atoms with Crippen molar-refractivity contribution in [1.29, 1.82) is 0 Å². The molecule has 2 nitrogen and oxygen atoms in total. The van der Waals surface area contributed by atoms with Crippen molar-refractivity contribution in [3.05, 3.63) is 48.3 Å². The summed E-state index contributed by atoms with van der Waals surface area (Å²) in [4.78, 5) is 0. The zero-order chi connectivity index (χ0) is 10.8. The third kappa shape index (κ3) is 1.91. The van der Waals surface area contributed by atoms with Gasteiger partial charge in [-0.05, 0) is 35.9 Å². The summed E-state index contributed by atoms with van der Waals surface area (Å²) in [6.45, 7) is 0. The van der Waals surface area contributed by atoms with Crippen LogP contribution in [0.5, 0.6) is 0 Å². The molecule has 0 aliphatic heterocycles. The van der Waals surface area contributed by atoms with Gasteiger partial charge in [-0.15, -0.1) is 0 Å². The SMILES string of the molecule is Nc1ccc(-c2ccc(N)cc2F)cc1. The number of nitrogens with two attached hydrogens (primary N) is 2. The van der Waals surface area contributed by atoms with Gasteiger partial charge in [0.25, 0.3) is 0 Å². The van der Waals surface area contributed by atoms with Crippen LogP contribution < -0.4 is 11.5 Å². The lowest BCUT2D eigenvalue weighted by atomic mass is 10.0. The summed E-state index contributed by atoms with van der Waals surface area (Å²) in [5.41, 5.74) is 13.4. The Kier molecular flexibility index (Phi) is 2.29. The Bertz CT molecular complexity index is 477. The molecule has 0 saturated heterocycles. The van der Waals surface area contributed by atoms with Gasteiger partial charge in [-0.2, -0.15) is 0 Å². The standard InChI is InChI=1S/C12H11FN2/c13-12-7-10(15)5-6-11(12)8-1-3-9(14)4-2-8/h1-7H,14-15H2. The van der Waals surface area contributed by atoms with Crippen molar-refractivity contribution in [2.45, 2.75) is 0 Å². The van der Waals surface area contributed by atoms with Crippen LogP contribution >= 0.6 is 0 Å². The summed E-state index contributed by atoms with van der Waals surface area (Å²) in [6, 6.07) is 11.7. The third-order valence-electron chi connectivity index (χ3n) is 2.21. The minimum atomic E-state index is -0.320. The van der Waals surface area contributed by atoms with Gasteiger partial charge in [-0.25, -0.2) is 4.39 Å². The number of nitrogen functional groups attached to an aromatic ring is 2. The Hall–Kier alpha value is -2.03. The molecule has 0 bridgehead atoms. The average molecular weight is 202 g/mol. The fraction of sp³-hybridized carbons (Fsp3) is 0. The van der Waals surface area contributed by atoms with E-state index in [4.69, 9.17) is 11.5 Å². The lowest BCUT2D eigenvalue weighted by molar-refractivity contribution is 0.632. The lowest BCUT2D eigenvalue weighted by Gasteiger charge is -2.04. The second-order valence-corrected chi connectivity index (χ2v) is 3.36. The van der Waals surface area contributed by atoms with Crippen LogP contribution in [0.2, 0.25) is 0 Å². The predicted molar refractivity (Wildman–Crippen MR) is 60.7 cm³/mol. The molecule has 0 radical (unpaired) electrons. The first-order chi connectivity index (χ1) is 7.16. The van der Waals surface area contributed by atoms with Crippen LogP contribution in [0.15, 0.2) is 42.5 Å². The highest BCUT2D eigenvalue weighted by atomic mass is 19.1. The number of halogens is 1. The molecule has 0 aliphatic rings. The lowest BCUT2D eigenvalue weighted by Crippen LogP contribution is -1.90. The molecular formula is C12H11FN2. The van der Waals surface area contributed by atoms with Crippen LogP contribution in [0, 0.1) is 5.82 Å². The molecule has 3 heteroatoms. The van der Waals surface area contributed by atoms with Gasteiger partial charge in [0.1, 0.15) is 5.82 Å². The van der Waals surface area contributed by atoms with E-state index in [0.29, 0.717) is 16.9 Å². The quantitative estimate of drug-likeness (QED) is 0.698. The minimum Gasteiger partial charge on any atom is -0.399 e. The average Bonchev–Trinajstić information content (AvgIpc) is 2.20. The molecule has 0 atom stereocenters. The second kappa shape index (κ2) is 3.61. The van der Waals surface area contributed by atoms with Crippen LogP contribution in [0.3, 0.4) is 0 Å². The molecule has 0 heterocycles. The van der Waals surface area contributed by atoms with Crippen LogP contribution in [-0.2, 0) is 0 Å². The van der Waals surface area contributed by atoms with E-state index in [1.807, 2.05) is 0 Å². The van der Waals surface area contributed by atoms with E-state index < -0.39 is 0 Å². The van der Waals surface area contributed by atoms with E-state index >= 15 is 0 Å². The summed E-state index contributed by atoms with van der Waals surface area (Å²) < 4.78 is 13.5. The van der Waals surface area contributed by atoms with Crippen molar-refractivity contribution >= 4 is 11.4 Å². The molecule has 4 N–H and O–H groups in total. The van der Waals surface area contributed by atoms with Gasteiger partial charge in [0.05, 0.1) is 0 Å². The molecule has 0 spiro atoms. The van der Waals surface area contributed by atoms with Gasteiger partial charge in [-0.1, -0.05) is 12.1 Å². The van der Waals surface area contributed by atoms with Crippen molar-refractivity contribution in [2.24, 2.45) is 0 Å². The van der Waals surface area contributed by atoms with Crippen molar-refractivity contribution in [1.82, 2.24) is 0 Å². The monoisotopic (exact) mass is 202 g/mol. The molecule has 15 heavy (non-hydrogen) atoms. The maximum Gasteiger partial charge on any atom is 0.133 e. The largest absolute Gasteiger partial charge is 0.399 e.